The number of fused-ring (bicyclic) bond motifs is 2. The van der Waals surface area contributed by atoms with Gasteiger partial charge in [-0.3, -0.25) is 33.8 Å². The minimum absolute atomic E-state index is 0.131. The third kappa shape index (κ3) is 9.03. The normalized spacial score (nSPS) is 24.1. The Bertz CT molecular complexity index is 2480. The molecular weight excluding hydrogens is 804 g/mol. The van der Waals surface area contributed by atoms with E-state index < -0.39 is 24.5 Å². The Morgan fingerprint density at radius 1 is 0.919 bits per heavy atom. The van der Waals surface area contributed by atoms with Crippen LogP contribution in [0.5, 0.6) is 0 Å². The number of carbonyl (C=O) groups is 2. The predicted molar refractivity (Wildman–Crippen MR) is 228 cm³/mol. The predicted octanol–water partition coefficient (Wildman–Crippen LogP) is 5.48. The molecule has 4 fully saturated rings. The number of rotatable bonds is 13. The number of imide groups is 1. The van der Waals surface area contributed by atoms with E-state index in [9.17, 15) is 32.7 Å². The lowest BCUT2D eigenvalue weighted by atomic mass is 9.87. The molecule has 0 radical (unpaired) electrons. The fraction of sp³-hybridized carbons (Fsp3) is 0.533. The zero-order valence-corrected chi connectivity index (χ0v) is 34.9. The van der Waals surface area contributed by atoms with Gasteiger partial charge in [0, 0.05) is 88.2 Å². The number of ether oxygens (including phenoxy) is 1. The van der Waals surface area contributed by atoms with Gasteiger partial charge in [0.15, 0.2) is 0 Å². The molecule has 4 aliphatic rings. The second kappa shape index (κ2) is 17.6. The largest absolute Gasteiger partial charge is 0.393 e. The maximum atomic E-state index is 13.1. The second-order valence-electron chi connectivity index (χ2n) is 17.5. The van der Waals surface area contributed by atoms with E-state index in [2.05, 4.69) is 65.4 Å². The maximum absolute atomic E-state index is 13.1. The molecule has 0 spiro atoms. The molecule has 5 aromatic rings. The van der Waals surface area contributed by atoms with Crippen LogP contribution in [-0.2, 0) is 34.3 Å². The first-order valence-electron chi connectivity index (χ1n) is 21.9. The molecule has 0 unspecified atom stereocenters. The van der Waals surface area contributed by atoms with E-state index in [4.69, 9.17) is 4.74 Å². The molecule has 3 aromatic heterocycles. The van der Waals surface area contributed by atoms with E-state index in [0.29, 0.717) is 49.5 Å². The SMILES string of the molecule is Cn1c(=O)n([C@H]2CCC(=O)NC2=O)c2ccc(CCOC3CC(N4CCN(Cc5ccc(-c6cn(C7CCC(O)CC7)c7nc(NCCC(F)(F)F)ncc67)cc5)CC4)C3)cc21. The highest BCUT2D eigenvalue weighted by molar-refractivity contribution is 6.00. The first-order chi connectivity index (χ1) is 29.9. The van der Waals surface area contributed by atoms with Gasteiger partial charge in [-0.05, 0) is 80.2 Å². The Kier molecular flexibility index (Phi) is 12.0. The van der Waals surface area contributed by atoms with Gasteiger partial charge in [-0.25, -0.2) is 9.78 Å². The molecule has 2 aliphatic heterocycles. The number of aliphatic hydroxyl groups excluding tert-OH is 1. The van der Waals surface area contributed by atoms with Crippen molar-refractivity contribution in [2.75, 3.05) is 44.6 Å². The second-order valence-corrected chi connectivity index (χ2v) is 17.5. The van der Waals surface area contributed by atoms with Crippen molar-refractivity contribution >= 4 is 39.8 Å². The summed E-state index contributed by atoms with van der Waals surface area (Å²) in [6.07, 6.45) is 4.72. The number of piperidine rings is 1. The van der Waals surface area contributed by atoms with E-state index in [1.165, 1.54) is 10.1 Å². The number of aliphatic hydroxyl groups is 1. The van der Waals surface area contributed by atoms with Gasteiger partial charge in [0.25, 0.3) is 0 Å². The van der Waals surface area contributed by atoms with Crippen LogP contribution in [0.25, 0.3) is 33.2 Å². The number of nitrogens with one attached hydrogen (secondary N) is 2. The number of anilines is 1. The number of nitrogens with zero attached hydrogens (tertiary/aromatic N) is 7. The van der Waals surface area contributed by atoms with Crippen molar-refractivity contribution in [3.63, 3.8) is 0 Å². The summed E-state index contributed by atoms with van der Waals surface area (Å²) < 4.78 is 49.9. The van der Waals surface area contributed by atoms with E-state index in [1.54, 1.807) is 17.8 Å². The molecule has 2 aliphatic carbocycles. The summed E-state index contributed by atoms with van der Waals surface area (Å²) in [5.74, 6) is -0.576. The zero-order valence-electron chi connectivity index (χ0n) is 34.9. The van der Waals surface area contributed by atoms with Crippen molar-refractivity contribution in [2.45, 2.75) is 107 Å². The van der Waals surface area contributed by atoms with E-state index in [-0.39, 0.29) is 48.8 Å². The van der Waals surface area contributed by atoms with Crippen LogP contribution in [0.3, 0.4) is 0 Å². The van der Waals surface area contributed by atoms with Crippen LogP contribution in [-0.4, -0.2) is 114 Å². The summed E-state index contributed by atoms with van der Waals surface area (Å²) in [5, 5.41) is 16.1. The quantitative estimate of drug-likeness (QED) is 0.130. The lowest BCUT2D eigenvalue weighted by Gasteiger charge is -2.46. The van der Waals surface area contributed by atoms with Crippen molar-refractivity contribution in [3.8, 4) is 11.1 Å². The Hall–Kier alpha value is -5.10. The van der Waals surface area contributed by atoms with Crippen molar-refractivity contribution in [1.29, 1.82) is 0 Å². The monoisotopic (exact) mass is 857 g/mol. The highest BCUT2D eigenvalue weighted by Crippen LogP contribution is 2.37. The summed E-state index contributed by atoms with van der Waals surface area (Å²) >= 11 is 0. The molecule has 1 atom stereocenters. The van der Waals surface area contributed by atoms with Gasteiger partial charge < -0.3 is 19.7 Å². The van der Waals surface area contributed by atoms with E-state index in [0.717, 1.165) is 86.0 Å². The molecule has 0 bridgehead atoms. The summed E-state index contributed by atoms with van der Waals surface area (Å²) in [6, 6.07) is 14.4. The number of aromatic nitrogens is 5. The Balaban J connectivity index is 0.747. The van der Waals surface area contributed by atoms with Crippen LogP contribution >= 0.6 is 0 Å². The standard InChI is InChI=1S/C45H54F3N9O5/c1-53-39-22-28(4-11-37(39)57(44(53)61)38-12-13-40(59)51-42(38)60)14-21-62-34-23-32(24-34)55-19-17-54(18-20-55)26-29-2-5-30(6-3-29)36-27-56(31-7-9-33(58)10-8-31)41-35(36)25-50-43(52-41)49-16-15-45(46,47)48/h2-6,11,22,25,27,31-34,38,58H,7-10,12-21,23-24,26H2,1H3,(H,49,50,52)(H,51,59,60)/t31?,32?,33?,34?,38-/m0/s1. The van der Waals surface area contributed by atoms with Crippen molar-refractivity contribution < 1.29 is 32.6 Å². The zero-order chi connectivity index (χ0) is 43.1. The lowest BCUT2D eigenvalue weighted by molar-refractivity contribution is -0.136. The van der Waals surface area contributed by atoms with Crippen LogP contribution < -0.4 is 16.3 Å². The van der Waals surface area contributed by atoms with E-state index >= 15 is 0 Å². The molecule has 2 amide bonds. The van der Waals surface area contributed by atoms with Crippen LogP contribution in [0.4, 0.5) is 19.1 Å². The fourth-order valence-corrected chi connectivity index (χ4v) is 9.72. The minimum atomic E-state index is -4.27. The van der Waals surface area contributed by atoms with Gasteiger partial charge in [0.2, 0.25) is 17.8 Å². The third-order valence-corrected chi connectivity index (χ3v) is 13.4. The fourth-order valence-electron chi connectivity index (χ4n) is 9.72. The number of amides is 2. The van der Waals surface area contributed by atoms with Gasteiger partial charge >= 0.3 is 11.9 Å². The molecule has 5 heterocycles. The maximum Gasteiger partial charge on any atom is 0.390 e. The molecule has 2 saturated carbocycles. The number of hydrogen-bond acceptors (Lipinski definition) is 10. The number of alkyl halides is 3. The Morgan fingerprint density at radius 3 is 2.39 bits per heavy atom. The Morgan fingerprint density at radius 2 is 1.66 bits per heavy atom. The van der Waals surface area contributed by atoms with Crippen LogP contribution in [0, 0.1) is 0 Å². The first kappa shape index (κ1) is 42.2. The average molecular weight is 858 g/mol. The third-order valence-electron chi connectivity index (χ3n) is 13.4. The number of aryl methyl sites for hydroxylation is 1. The van der Waals surface area contributed by atoms with Gasteiger partial charge in [-0.2, -0.15) is 18.2 Å². The van der Waals surface area contributed by atoms with Crippen LogP contribution in [0.2, 0.25) is 0 Å². The van der Waals surface area contributed by atoms with Gasteiger partial charge in [-0.1, -0.05) is 30.3 Å². The number of hydrogen-bond donors (Lipinski definition) is 3. The van der Waals surface area contributed by atoms with Gasteiger partial charge in [0.05, 0.1) is 36.3 Å². The lowest BCUT2D eigenvalue weighted by Crippen LogP contribution is -2.55. The van der Waals surface area contributed by atoms with Crippen molar-refractivity contribution in [3.05, 3.63) is 76.5 Å². The van der Waals surface area contributed by atoms with E-state index in [1.807, 2.05) is 18.2 Å². The summed E-state index contributed by atoms with van der Waals surface area (Å²) in [6.45, 7) is 5.14. The molecule has 330 valence electrons. The molecule has 3 N–H and O–H groups in total. The first-order valence-corrected chi connectivity index (χ1v) is 21.9. The van der Waals surface area contributed by atoms with Gasteiger partial charge in [-0.15, -0.1) is 0 Å². The molecule has 9 rings (SSSR count). The molecule has 2 aromatic carbocycles. The smallest absolute Gasteiger partial charge is 0.390 e. The summed E-state index contributed by atoms with van der Waals surface area (Å²) in [7, 11) is 1.71. The molecular formula is C45H54F3N9O5. The molecule has 14 nitrogen and oxygen atoms in total. The minimum Gasteiger partial charge on any atom is -0.393 e. The highest BCUT2D eigenvalue weighted by atomic mass is 19.4. The van der Waals surface area contributed by atoms with Crippen LogP contribution in [0.15, 0.2) is 59.7 Å². The van der Waals surface area contributed by atoms with Crippen molar-refractivity contribution in [1.82, 2.24) is 38.8 Å². The molecule has 62 heavy (non-hydrogen) atoms. The number of benzene rings is 2. The number of imidazole rings is 1. The summed E-state index contributed by atoms with van der Waals surface area (Å²) in [5.41, 5.74) is 6.13. The topological polar surface area (TPSA) is 152 Å². The number of halogens is 3. The summed E-state index contributed by atoms with van der Waals surface area (Å²) in [4.78, 5) is 51.5. The number of carbonyl (C=O) groups excluding carboxylic acids is 2. The highest BCUT2D eigenvalue weighted by Gasteiger charge is 2.36. The van der Waals surface area contributed by atoms with Crippen molar-refractivity contribution in [2.24, 2.45) is 7.05 Å². The van der Waals surface area contributed by atoms with Gasteiger partial charge in [0.1, 0.15) is 11.7 Å². The molecule has 2 saturated heterocycles. The Labute approximate surface area is 357 Å². The van der Waals surface area contributed by atoms with Crippen LogP contribution in [0.1, 0.15) is 81.0 Å². The average Bonchev–Trinajstić information content (AvgIpc) is 3.73. The number of piperazine rings is 1. The molecule has 17 heteroatoms.